The van der Waals surface area contributed by atoms with Crippen LogP contribution in [0.25, 0.3) is 21.6 Å². The van der Waals surface area contributed by atoms with E-state index in [1.54, 1.807) is 12.4 Å². The third-order valence-corrected chi connectivity index (χ3v) is 5.75. The van der Waals surface area contributed by atoms with E-state index in [-0.39, 0.29) is 6.42 Å². The van der Waals surface area contributed by atoms with Crippen LogP contribution in [-0.2, 0) is 16.0 Å². The van der Waals surface area contributed by atoms with Crippen LogP contribution in [0.4, 0.5) is 0 Å². The molecule has 3 N–H and O–H groups in total. The number of pyridine rings is 1. The normalized spacial score (nSPS) is 11.9. The number of nitrogens with zero attached hydrogens (tertiary/aromatic N) is 4. The van der Waals surface area contributed by atoms with Crippen LogP contribution >= 0.6 is 11.5 Å². The molecule has 0 bridgehead atoms. The smallest absolute Gasteiger partial charge is 0.287 e. The first-order valence-corrected chi connectivity index (χ1v) is 10.3. The number of primary amides is 1. The fraction of sp³-hybridized carbons (Fsp3) is 0.136. The summed E-state index contributed by atoms with van der Waals surface area (Å²) in [6.45, 7) is 5.92. The number of amides is 1. The predicted molar refractivity (Wildman–Crippen MR) is 120 cm³/mol. The third kappa shape index (κ3) is 4.08. The summed E-state index contributed by atoms with van der Waals surface area (Å²) < 4.78 is 7.29. The largest absolute Gasteiger partial charge is 0.373 e. The first kappa shape index (κ1) is 20.4. The number of nitrogens with one attached hydrogen (secondary N) is 1. The minimum Gasteiger partial charge on any atom is -0.373 e. The minimum atomic E-state index is -1.01. The van der Waals surface area contributed by atoms with Crippen molar-refractivity contribution in [2.24, 2.45) is 5.73 Å². The molecule has 9 heteroatoms. The molecule has 1 unspecified atom stereocenters. The number of aryl methyl sites for hydroxylation is 1. The zero-order valence-corrected chi connectivity index (χ0v) is 17.6. The van der Waals surface area contributed by atoms with Crippen LogP contribution in [0.15, 0.2) is 61.4 Å². The van der Waals surface area contributed by atoms with Gasteiger partial charge < -0.3 is 11.1 Å². The highest BCUT2D eigenvalue weighted by atomic mass is 32.1. The van der Waals surface area contributed by atoms with E-state index in [4.69, 9.17) is 5.73 Å². The van der Waals surface area contributed by atoms with Crippen LogP contribution in [0.1, 0.15) is 17.2 Å². The summed E-state index contributed by atoms with van der Waals surface area (Å²) in [6.07, 6.45) is 3.52. The highest BCUT2D eigenvalue weighted by Gasteiger charge is 2.27. The van der Waals surface area contributed by atoms with Crippen LogP contribution in [0.5, 0.6) is 0 Å². The number of carbonyl (C=O) groups excluding carboxylic acids is 2. The van der Waals surface area contributed by atoms with Gasteiger partial charge in [0.05, 0.1) is 28.0 Å². The molecule has 0 aliphatic heterocycles. The topological polar surface area (TPSA) is 116 Å². The van der Waals surface area contributed by atoms with Crippen molar-refractivity contribution < 1.29 is 9.59 Å². The lowest BCUT2D eigenvalue weighted by atomic mass is 10.0. The molecule has 0 saturated carbocycles. The Morgan fingerprint density at radius 2 is 1.97 bits per heavy atom. The molecule has 0 fully saturated rings. The van der Waals surface area contributed by atoms with Gasteiger partial charge in [0.15, 0.2) is 0 Å². The van der Waals surface area contributed by atoms with Crippen molar-refractivity contribution in [3.8, 4) is 5.82 Å². The molecule has 0 radical (unpaired) electrons. The molecule has 3 heterocycles. The summed E-state index contributed by atoms with van der Waals surface area (Å²) >= 11 is 1.34. The second-order valence-electron chi connectivity index (χ2n) is 6.95. The first-order valence-electron chi connectivity index (χ1n) is 9.54. The van der Waals surface area contributed by atoms with Gasteiger partial charge in [0.1, 0.15) is 17.7 Å². The molecule has 4 rings (SSSR count). The van der Waals surface area contributed by atoms with E-state index in [1.165, 1.54) is 11.5 Å². The van der Waals surface area contributed by atoms with Crippen molar-refractivity contribution in [2.45, 2.75) is 19.4 Å². The predicted octanol–water partition coefficient (Wildman–Crippen LogP) is 2.41. The number of nitrogens with two attached hydrogens (primary N) is 1. The molecule has 8 nitrogen and oxygen atoms in total. The molecule has 4 aromatic rings. The second kappa shape index (κ2) is 8.49. The average Bonchev–Trinajstić information content (AvgIpc) is 3.37. The Balaban J connectivity index is 1.65. The van der Waals surface area contributed by atoms with Gasteiger partial charge in [-0.1, -0.05) is 30.8 Å². The number of fused-ring (bicyclic) bond motifs is 1. The number of carbonyl (C=O) groups is 2. The first-order chi connectivity index (χ1) is 15.0. The molecule has 156 valence electrons. The molecular formula is C22H20N6O2S. The lowest BCUT2D eigenvalue weighted by Crippen LogP contribution is -2.44. The average molecular weight is 433 g/mol. The van der Waals surface area contributed by atoms with Crippen LogP contribution in [0.2, 0.25) is 0 Å². The van der Waals surface area contributed by atoms with Crippen LogP contribution in [-0.4, -0.2) is 36.6 Å². The Morgan fingerprint density at radius 1 is 1.19 bits per heavy atom. The number of Topliss-reactive ketones (excluding diaryl/α,β-unsaturated/α-hetero) is 1. The summed E-state index contributed by atoms with van der Waals surface area (Å²) in [7, 11) is 0. The van der Waals surface area contributed by atoms with Crippen molar-refractivity contribution in [3.63, 3.8) is 0 Å². The zero-order valence-electron chi connectivity index (χ0n) is 16.8. The summed E-state index contributed by atoms with van der Waals surface area (Å²) in [5.41, 5.74) is 7.08. The fourth-order valence-corrected chi connectivity index (χ4v) is 4.18. The Labute approximate surface area is 182 Å². The third-order valence-electron chi connectivity index (χ3n) is 4.88. The van der Waals surface area contributed by atoms with Gasteiger partial charge in [0.25, 0.3) is 5.91 Å². The Morgan fingerprint density at radius 3 is 2.71 bits per heavy atom. The van der Waals surface area contributed by atoms with E-state index in [2.05, 4.69) is 26.2 Å². The highest BCUT2D eigenvalue weighted by Crippen LogP contribution is 2.24. The number of imidazole rings is 1. The lowest BCUT2D eigenvalue weighted by Gasteiger charge is -2.19. The molecule has 3 aromatic heterocycles. The Bertz CT molecular complexity index is 1280. The standard InChI is InChI=1S/C22H20N6O2S/c1-13(18-12-25-14(2)28(18)20-9-5-6-10-24-20)26-17(21(29)22(23)30)11-16-15-7-3-4-8-19(15)31-27-16/h3-10,12,17,26H,1,11H2,2H3,(H2,23,30). The van der Waals surface area contributed by atoms with Gasteiger partial charge >= 0.3 is 0 Å². The zero-order chi connectivity index (χ0) is 22.0. The van der Waals surface area contributed by atoms with Crippen LogP contribution in [0, 0.1) is 6.92 Å². The number of hydrogen-bond acceptors (Lipinski definition) is 7. The van der Waals surface area contributed by atoms with E-state index in [0.29, 0.717) is 23.0 Å². The highest BCUT2D eigenvalue weighted by molar-refractivity contribution is 7.13. The van der Waals surface area contributed by atoms with Crippen molar-refractivity contribution >= 4 is 39.0 Å². The number of rotatable bonds is 8. The number of benzene rings is 1. The molecular weight excluding hydrogens is 412 g/mol. The maximum Gasteiger partial charge on any atom is 0.287 e. The number of aromatic nitrogens is 4. The van der Waals surface area contributed by atoms with Gasteiger partial charge in [-0.25, -0.2) is 9.97 Å². The molecule has 0 aliphatic rings. The van der Waals surface area contributed by atoms with Crippen molar-refractivity contribution in [2.75, 3.05) is 0 Å². The van der Waals surface area contributed by atoms with Crippen molar-refractivity contribution in [1.29, 1.82) is 0 Å². The van der Waals surface area contributed by atoms with Crippen molar-refractivity contribution in [1.82, 2.24) is 24.2 Å². The van der Waals surface area contributed by atoms with E-state index >= 15 is 0 Å². The second-order valence-corrected chi connectivity index (χ2v) is 7.75. The maximum absolute atomic E-state index is 12.6. The molecule has 1 amide bonds. The molecule has 0 aliphatic carbocycles. The SMILES string of the molecule is C=C(NC(Cc1nsc2ccccc12)C(=O)C(N)=O)c1cnc(C)n1-c1ccccn1. The maximum atomic E-state index is 12.6. The summed E-state index contributed by atoms with van der Waals surface area (Å²) in [4.78, 5) is 33.0. The van der Waals surface area contributed by atoms with Gasteiger partial charge in [-0.2, -0.15) is 4.37 Å². The Hall–Kier alpha value is -3.85. The summed E-state index contributed by atoms with van der Waals surface area (Å²) in [6, 6.07) is 12.4. The van der Waals surface area contributed by atoms with E-state index < -0.39 is 17.7 Å². The summed E-state index contributed by atoms with van der Waals surface area (Å²) in [5, 5.41) is 4.01. The fourth-order valence-electron chi connectivity index (χ4n) is 3.38. The molecule has 1 aromatic carbocycles. The van der Waals surface area contributed by atoms with E-state index in [9.17, 15) is 9.59 Å². The lowest BCUT2D eigenvalue weighted by molar-refractivity contribution is -0.137. The van der Waals surface area contributed by atoms with Gasteiger partial charge in [-0.3, -0.25) is 14.2 Å². The Kier molecular flexibility index (Phi) is 5.59. The molecule has 31 heavy (non-hydrogen) atoms. The van der Waals surface area contributed by atoms with Crippen LogP contribution < -0.4 is 11.1 Å². The molecule has 0 saturated heterocycles. The van der Waals surface area contributed by atoms with Gasteiger partial charge in [0, 0.05) is 18.0 Å². The van der Waals surface area contributed by atoms with Crippen molar-refractivity contribution in [3.05, 3.63) is 78.6 Å². The number of ketones is 1. The molecule has 0 spiro atoms. The van der Waals surface area contributed by atoms with E-state index in [0.717, 1.165) is 15.8 Å². The van der Waals surface area contributed by atoms with Gasteiger partial charge in [0.2, 0.25) is 5.78 Å². The summed E-state index contributed by atoms with van der Waals surface area (Å²) in [5.74, 6) is -0.378. The van der Waals surface area contributed by atoms with Gasteiger partial charge in [-0.05, 0) is 36.7 Å². The molecule has 1 atom stereocenters. The van der Waals surface area contributed by atoms with Crippen LogP contribution in [0.3, 0.4) is 0 Å². The van der Waals surface area contributed by atoms with E-state index in [1.807, 2.05) is 54.0 Å². The number of hydrogen-bond donors (Lipinski definition) is 2. The minimum absolute atomic E-state index is 0.196. The van der Waals surface area contributed by atoms with Gasteiger partial charge in [-0.15, -0.1) is 0 Å². The quantitative estimate of drug-likeness (QED) is 0.413. The monoisotopic (exact) mass is 432 g/mol.